The molecule has 16 heavy (non-hydrogen) atoms. The molecule has 0 bridgehead atoms. The van der Waals surface area contributed by atoms with Gasteiger partial charge in [-0.3, -0.25) is 0 Å². The van der Waals surface area contributed by atoms with Crippen LogP contribution in [0.2, 0.25) is 0 Å². The molecule has 0 aliphatic carbocycles. The van der Waals surface area contributed by atoms with Crippen molar-refractivity contribution in [1.82, 2.24) is 0 Å². The average molecular weight is 227 g/mol. The first kappa shape index (κ1) is 12.8. The summed E-state index contributed by atoms with van der Waals surface area (Å²) in [5.74, 6) is 0.523. The fourth-order valence-corrected chi connectivity index (χ4v) is 1.44. The highest BCUT2D eigenvalue weighted by Gasteiger charge is 2.17. The molecule has 0 aromatic heterocycles. The normalized spacial score (nSPS) is 12.7. The maximum atomic E-state index is 13.3. The van der Waals surface area contributed by atoms with Crippen LogP contribution in [0, 0.1) is 5.82 Å². The van der Waals surface area contributed by atoms with Gasteiger partial charge < -0.3 is 15.2 Å². The highest BCUT2D eigenvalue weighted by molar-refractivity contribution is 5.48. The van der Waals surface area contributed by atoms with E-state index in [1.165, 1.54) is 19.2 Å². The molecule has 0 aliphatic heterocycles. The van der Waals surface area contributed by atoms with Gasteiger partial charge in [0.15, 0.2) is 11.5 Å². The topological polar surface area (TPSA) is 44.5 Å². The van der Waals surface area contributed by atoms with Crippen LogP contribution in [-0.2, 0) is 0 Å². The molecule has 0 saturated heterocycles. The van der Waals surface area contributed by atoms with Gasteiger partial charge in [-0.1, -0.05) is 0 Å². The van der Waals surface area contributed by atoms with Crippen LogP contribution in [0.3, 0.4) is 0 Å². The highest BCUT2D eigenvalue weighted by atomic mass is 19.1. The van der Waals surface area contributed by atoms with Crippen LogP contribution in [0.4, 0.5) is 4.39 Å². The summed E-state index contributed by atoms with van der Waals surface area (Å²) in [4.78, 5) is 0. The number of rotatable bonds is 4. The first-order chi connectivity index (χ1) is 7.45. The van der Waals surface area contributed by atoms with Crippen LogP contribution in [0.5, 0.6) is 11.5 Å². The molecule has 0 aliphatic rings. The van der Waals surface area contributed by atoms with Crippen molar-refractivity contribution in [3.05, 3.63) is 23.5 Å². The lowest BCUT2D eigenvalue weighted by atomic mass is 10.1. The lowest BCUT2D eigenvalue weighted by molar-refractivity contribution is 0.226. The zero-order valence-corrected chi connectivity index (χ0v) is 10.1. The van der Waals surface area contributed by atoms with E-state index in [1.807, 2.05) is 13.8 Å². The van der Waals surface area contributed by atoms with E-state index in [1.54, 1.807) is 6.92 Å². The second-order valence-corrected chi connectivity index (χ2v) is 3.98. The first-order valence-electron chi connectivity index (χ1n) is 5.25. The Balaban J connectivity index is 3.27. The van der Waals surface area contributed by atoms with Gasteiger partial charge in [0.05, 0.1) is 13.2 Å². The summed E-state index contributed by atoms with van der Waals surface area (Å²) in [7, 11) is 1.48. The molecule has 0 spiro atoms. The SMILES string of the molecule is COc1cc(F)cc(C(C)N)c1OC(C)C. The summed E-state index contributed by atoms with van der Waals surface area (Å²) in [5.41, 5.74) is 6.40. The number of hydrogen-bond donors (Lipinski definition) is 1. The van der Waals surface area contributed by atoms with Crippen molar-refractivity contribution in [3.63, 3.8) is 0 Å². The highest BCUT2D eigenvalue weighted by Crippen LogP contribution is 2.35. The van der Waals surface area contributed by atoms with Gasteiger partial charge in [-0.2, -0.15) is 0 Å². The lowest BCUT2D eigenvalue weighted by Gasteiger charge is -2.19. The average Bonchev–Trinajstić information content (AvgIpc) is 2.19. The second kappa shape index (κ2) is 5.16. The number of halogens is 1. The Morgan fingerprint density at radius 3 is 2.31 bits per heavy atom. The predicted molar refractivity (Wildman–Crippen MR) is 61.3 cm³/mol. The van der Waals surface area contributed by atoms with Gasteiger partial charge in [0.25, 0.3) is 0 Å². The smallest absolute Gasteiger partial charge is 0.166 e. The maximum absolute atomic E-state index is 13.3. The van der Waals surface area contributed by atoms with Gasteiger partial charge >= 0.3 is 0 Å². The molecule has 3 nitrogen and oxygen atoms in total. The van der Waals surface area contributed by atoms with Crippen molar-refractivity contribution in [3.8, 4) is 11.5 Å². The van der Waals surface area contributed by atoms with Crippen LogP contribution in [-0.4, -0.2) is 13.2 Å². The van der Waals surface area contributed by atoms with Crippen molar-refractivity contribution in [2.75, 3.05) is 7.11 Å². The third-order valence-corrected chi connectivity index (χ3v) is 2.11. The summed E-state index contributed by atoms with van der Waals surface area (Å²) in [5, 5.41) is 0. The minimum atomic E-state index is -0.375. The van der Waals surface area contributed by atoms with E-state index in [2.05, 4.69) is 0 Å². The van der Waals surface area contributed by atoms with Gasteiger partial charge in [-0.05, 0) is 26.8 Å². The Kier molecular flexibility index (Phi) is 4.12. The molecule has 0 amide bonds. The summed E-state index contributed by atoms with van der Waals surface area (Å²) in [6.45, 7) is 5.57. The number of ether oxygens (including phenoxy) is 2. The molecule has 0 heterocycles. The molecule has 4 heteroatoms. The molecule has 1 aromatic carbocycles. The largest absolute Gasteiger partial charge is 0.493 e. The van der Waals surface area contributed by atoms with E-state index in [0.29, 0.717) is 17.1 Å². The molecule has 1 unspecified atom stereocenters. The lowest BCUT2D eigenvalue weighted by Crippen LogP contribution is -2.13. The summed E-state index contributed by atoms with van der Waals surface area (Å²) >= 11 is 0. The molecule has 0 radical (unpaired) electrons. The number of nitrogens with two attached hydrogens (primary N) is 1. The zero-order valence-electron chi connectivity index (χ0n) is 10.1. The van der Waals surface area contributed by atoms with E-state index in [-0.39, 0.29) is 18.0 Å². The molecular weight excluding hydrogens is 209 g/mol. The van der Waals surface area contributed by atoms with Crippen molar-refractivity contribution in [2.24, 2.45) is 5.73 Å². The Bertz CT molecular complexity index is 364. The Hall–Kier alpha value is -1.29. The van der Waals surface area contributed by atoms with Crippen molar-refractivity contribution in [1.29, 1.82) is 0 Å². The fraction of sp³-hybridized carbons (Fsp3) is 0.500. The third-order valence-electron chi connectivity index (χ3n) is 2.11. The summed E-state index contributed by atoms with van der Waals surface area (Å²) in [6.07, 6.45) is -0.0168. The van der Waals surface area contributed by atoms with Crippen molar-refractivity contribution < 1.29 is 13.9 Å². The van der Waals surface area contributed by atoms with Crippen LogP contribution in [0.1, 0.15) is 32.4 Å². The van der Waals surface area contributed by atoms with E-state index in [0.717, 1.165) is 0 Å². The predicted octanol–water partition coefficient (Wildman–Crippen LogP) is 2.64. The van der Waals surface area contributed by atoms with Gasteiger partial charge in [0.2, 0.25) is 0 Å². The van der Waals surface area contributed by atoms with Gasteiger partial charge in [-0.25, -0.2) is 4.39 Å². The van der Waals surface area contributed by atoms with Gasteiger partial charge in [0, 0.05) is 17.7 Å². The van der Waals surface area contributed by atoms with Crippen LogP contribution < -0.4 is 15.2 Å². The molecule has 1 aromatic rings. The molecular formula is C12H18FNO2. The van der Waals surface area contributed by atoms with Crippen LogP contribution in [0.25, 0.3) is 0 Å². The second-order valence-electron chi connectivity index (χ2n) is 3.98. The molecule has 1 atom stereocenters. The summed E-state index contributed by atoms with van der Waals surface area (Å²) in [6, 6.07) is 2.37. The Morgan fingerprint density at radius 2 is 1.88 bits per heavy atom. The van der Waals surface area contributed by atoms with E-state index in [4.69, 9.17) is 15.2 Å². The quantitative estimate of drug-likeness (QED) is 0.860. The maximum Gasteiger partial charge on any atom is 0.166 e. The monoisotopic (exact) mass is 227 g/mol. The minimum Gasteiger partial charge on any atom is -0.493 e. The van der Waals surface area contributed by atoms with Crippen LogP contribution >= 0.6 is 0 Å². The zero-order chi connectivity index (χ0) is 12.3. The van der Waals surface area contributed by atoms with Crippen molar-refractivity contribution in [2.45, 2.75) is 32.9 Å². The summed E-state index contributed by atoms with van der Waals surface area (Å²) < 4.78 is 24.0. The van der Waals surface area contributed by atoms with Crippen LogP contribution in [0.15, 0.2) is 12.1 Å². The number of benzene rings is 1. The van der Waals surface area contributed by atoms with E-state index in [9.17, 15) is 4.39 Å². The van der Waals surface area contributed by atoms with Gasteiger partial charge in [-0.15, -0.1) is 0 Å². The Morgan fingerprint density at radius 1 is 1.25 bits per heavy atom. The Labute approximate surface area is 95.4 Å². The molecule has 0 saturated carbocycles. The number of methoxy groups -OCH3 is 1. The molecule has 90 valence electrons. The molecule has 2 N–H and O–H groups in total. The molecule has 1 rings (SSSR count). The number of hydrogen-bond acceptors (Lipinski definition) is 3. The first-order valence-corrected chi connectivity index (χ1v) is 5.25. The standard InChI is InChI=1S/C12H18FNO2/c1-7(2)16-12-10(8(3)14)5-9(13)6-11(12)15-4/h5-8H,14H2,1-4H3. The van der Waals surface area contributed by atoms with E-state index >= 15 is 0 Å². The fourth-order valence-electron chi connectivity index (χ4n) is 1.44. The third kappa shape index (κ3) is 2.85. The van der Waals surface area contributed by atoms with Crippen molar-refractivity contribution >= 4 is 0 Å². The van der Waals surface area contributed by atoms with E-state index < -0.39 is 0 Å². The molecule has 0 fully saturated rings. The van der Waals surface area contributed by atoms with Gasteiger partial charge in [0.1, 0.15) is 5.82 Å². The minimum absolute atomic E-state index is 0.0168.